The number of aliphatic hydroxyl groups is 1. The van der Waals surface area contributed by atoms with Gasteiger partial charge in [-0.3, -0.25) is 14.7 Å². The minimum atomic E-state index is -1.66. The van der Waals surface area contributed by atoms with E-state index in [9.17, 15) is 14.7 Å². The summed E-state index contributed by atoms with van der Waals surface area (Å²) in [4.78, 5) is 29.3. The van der Waals surface area contributed by atoms with Crippen LogP contribution >= 0.6 is 0 Å². The number of rotatable bonds is 2. The zero-order chi connectivity index (χ0) is 17.2. The first-order chi connectivity index (χ1) is 11.5. The van der Waals surface area contributed by atoms with E-state index in [4.69, 9.17) is 0 Å². The standard InChI is InChI=1S/C16H15N5O3/c1-21-9-6-16(24,15(21)23)5-2-11-3-7-17-13(10-11)19-14(22)12-4-8-18-20-12/h3-4,7-8,10,24H,6,9H2,1H3,(H,18,20)(H,17,19,22)/t16-/m0/s1. The van der Waals surface area contributed by atoms with E-state index in [-0.39, 0.29) is 12.3 Å². The van der Waals surface area contributed by atoms with Crippen molar-refractivity contribution in [1.29, 1.82) is 0 Å². The van der Waals surface area contributed by atoms with Crippen LogP contribution in [0.15, 0.2) is 30.6 Å². The van der Waals surface area contributed by atoms with Crippen molar-refractivity contribution in [3.05, 3.63) is 41.9 Å². The SMILES string of the molecule is CN1CC[C@@](O)(C#Cc2ccnc(NC(=O)c3ccn[nH]3)c2)C1=O. The van der Waals surface area contributed by atoms with Crippen molar-refractivity contribution in [2.45, 2.75) is 12.0 Å². The Hall–Kier alpha value is -3.18. The minimum absolute atomic E-state index is 0.268. The van der Waals surface area contributed by atoms with Gasteiger partial charge in [0.05, 0.1) is 0 Å². The van der Waals surface area contributed by atoms with Gasteiger partial charge in [-0.15, -0.1) is 0 Å². The highest BCUT2D eigenvalue weighted by Gasteiger charge is 2.42. The van der Waals surface area contributed by atoms with Crippen LogP contribution in [0.1, 0.15) is 22.5 Å². The van der Waals surface area contributed by atoms with Gasteiger partial charge in [0.15, 0.2) is 0 Å². The number of anilines is 1. The normalized spacial score (nSPS) is 19.8. The molecule has 8 heteroatoms. The third-order valence-corrected chi connectivity index (χ3v) is 3.67. The summed E-state index contributed by atoms with van der Waals surface area (Å²) in [5.41, 5.74) is -0.819. The van der Waals surface area contributed by atoms with Gasteiger partial charge in [-0.05, 0) is 18.2 Å². The predicted octanol–water partition coefficient (Wildman–Crippen LogP) is 0.00170. The molecular formula is C16H15N5O3. The van der Waals surface area contributed by atoms with Gasteiger partial charge in [0.2, 0.25) is 5.60 Å². The Morgan fingerprint density at radius 2 is 2.29 bits per heavy atom. The molecule has 0 aromatic carbocycles. The van der Waals surface area contributed by atoms with E-state index in [1.807, 2.05) is 0 Å². The second-order valence-corrected chi connectivity index (χ2v) is 5.44. The molecule has 0 aliphatic carbocycles. The number of carbonyl (C=O) groups is 2. The summed E-state index contributed by atoms with van der Waals surface area (Å²) >= 11 is 0. The number of nitrogens with one attached hydrogen (secondary N) is 2. The maximum atomic E-state index is 11.9. The van der Waals surface area contributed by atoms with Crippen LogP contribution in [-0.4, -0.2) is 56.2 Å². The molecule has 122 valence electrons. The second kappa shape index (κ2) is 6.14. The number of likely N-dealkylation sites (tertiary alicyclic amines) is 1. The Balaban J connectivity index is 1.76. The van der Waals surface area contributed by atoms with Crippen LogP contribution < -0.4 is 5.32 Å². The van der Waals surface area contributed by atoms with Crippen LogP contribution in [0.3, 0.4) is 0 Å². The van der Waals surface area contributed by atoms with Crippen LogP contribution in [0.4, 0.5) is 5.82 Å². The first-order valence-corrected chi connectivity index (χ1v) is 7.26. The zero-order valence-corrected chi connectivity index (χ0v) is 12.9. The Morgan fingerprint density at radius 1 is 1.46 bits per heavy atom. The van der Waals surface area contributed by atoms with Crippen molar-refractivity contribution in [1.82, 2.24) is 20.1 Å². The van der Waals surface area contributed by atoms with E-state index in [1.54, 1.807) is 19.2 Å². The molecule has 1 saturated heterocycles. The molecule has 1 aliphatic rings. The number of pyridine rings is 1. The number of aromatic nitrogens is 3. The number of amides is 2. The van der Waals surface area contributed by atoms with Crippen LogP contribution in [0.25, 0.3) is 0 Å². The van der Waals surface area contributed by atoms with Gasteiger partial charge < -0.3 is 15.3 Å². The lowest BCUT2D eigenvalue weighted by Gasteiger charge is -2.13. The fourth-order valence-electron chi connectivity index (χ4n) is 2.29. The summed E-state index contributed by atoms with van der Waals surface area (Å²) in [6, 6.07) is 4.73. The molecule has 0 unspecified atom stereocenters. The molecule has 2 aromatic rings. The zero-order valence-electron chi connectivity index (χ0n) is 12.9. The molecule has 1 aliphatic heterocycles. The molecule has 0 bridgehead atoms. The minimum Gasteiger partial charge on any atom is -0.369 e. The van der Waals surface area contributed by atoms with Gasteiger partial charge in [0.1, 0.15) is 11.5 Å². The van der Waals surface area contributed by atoms with Crippen molar-refractivity contribution in [2.24, 2.45) is 0 Å². The highest BCUT2D eigenvalue weighted by Crippen LogP contribution is 2.20. The number of nitrogens with zero attached hydrogens (tertiary/aromatic N) is 3. The Kier molecular flexibility index (Phi) is 4.02. The first kappa shape index (κ1) is 15.7. The molecular weight excluding hydrogens is 310 g/mol. The molecule has 1 fully saturated rings. The monoisotopic (exact) mass is 325 g/mol. The summed E-state index contributed by atoms with van der Waals surface area (Å²) in [7, 11) is 1.62. The summed E-state index contributed by atoms with van der Waals surface area (Å²) in [5.74, 6) is 4.91. The van der Waals surface area contributed by atoms with Crippen LogP contribution in [0, 0.1) is 11.8 Å². The van der Waals surface area contributed by atoms with E-state index in [2.05, 4.69) is 32.3 Å². The average molecular weight is 325 g/mol. The summed E-state index contributed by atoms with van der Waals surface area (Å²) < 4.78 is 0. The summed E-state index contributed by atoms with van der Waals surface area (Å²) in [5, 5.41) is 19.1. The Bertz CT molecular complexity index is 837. The lowest BCUT2D eigenvalue weighted by atomic mass is 10.0. The van der Waals surface area contributed by atoms with Crippen LogP contribution in [0.5, 0.6) is 0 Å². The Labute approximate surface area is 137 Å². The topological polar surface area (TPSA) is 111 Å². The van der Waals surface area contributed by atoms with E-state index in [1.165, 1.54) is 23.4 Å². The Morgan fingerprint density at radius 3 is 2.96 bits per heavy atom. The third-order valence-electron chi connectivity index (χ3n) is 3.67. The molecule has 1 atom stereocenters. The fourth-order valence-corrected chi connectivity index (χ4v) is 2.29. The molecule has 24 heavy (non-hydrogen) atoms. The summed E-state index contributed by atoms with van der Waals surface area (Å²) in [6.45, 7) is 0.464. The fraction of sp³-hybridized carbons (Fsp3) is 0.250. The number of carbonyl (C=O) groups excluding carboxylic acids is 2. The number of hydrogen-bond donors (Lipinski definition) is 3. The van der Waals surface area contributed by atoms with E-state index >= 15 is 0 Å². The molecule has 0 radical (unpaired) electrons. The lowest BCUT2D eigenvalue weighted by molar-refractivity contribution is -0.137. The van der Waals surface area contributed by atoms with Crippen LogP contribution in [0.2, 0.25) is 0 Å². The second-order valence-electron chi connectivity index (χ2n) is 5.44. The van der Waals surface area contributed by atoms with Gasteiger partial charge in [-0.1, -0.05) is 11.8 Å². The van der Waals surface area contributed by atoms with Gasteiger partial charge in [-0.25, -0.2) is 4.98 Å². The summed E-state index contributed by atoms with van der Waals surface area (Å²) in [6.07, 6.45) is 3.23. The molecule has 2 amide bonds. The highest BCUT2D eigenvalue weighted by molar-refractivity contribution is 6.02. The molecule has 3 N–H and O–H groups in total. The molecule has 0 saturated carbocycles. The predicted molar refractivity (Wildman–Crippen MR) is 84.9 cm³/mol. The number of likely N-dealkylation sites (N-methyl/N-ethyl adjacent to an activating group) is 1. The maximum Gasteiger partial charge on any atom is 0.274 e. The van der Waals surface area contributed by atoms with Crippen molar-refractivity contribution < 1.29 is 14.7 Å². The highest BCUT2D eigenvalue weighted by atomic mass is 16.3. The van der Waals surface area contributed by atoms with Gasteiger partial charge in [0, 0.05) is 38.0 Å². The number of hydrogen-bond acceptors (Lipinski definition) is 5. The van der Waals surface area contributed by atoms with Crippen LogP contribution in [-0.2, 0) is 4.79 Å². The van der Waals surface area contributed by atoms with E-state index in [0.29, 0.717) is 23.6 Å². The van der Waals surface area contributed by atoms with E-state index in [0.717, 1.165) is 0 Å². The third kappa shape index (κ3) is 3.11. The molecule has 3 rings (SSSR count). The largest absolute Gasteiger partial charge is 0.369 e. The number of aromatic amines is 1. The maximum absolute atomic E-state index is 11.9. The van der Waals surface area contributed by atoms with Crippen molar-refractivity contribution >= 4 is 17.6 Å². The smallest absolute Gasteiger partial charge is 0.274 e. The van der Waals surface area contributed by atoms with Crippen molar-refractivity contribution in [3.8, 4) is 11.8 Å². The molecule has 0 spiro atoms. The van der Waals surface area contributed by atoms with Crippen molar-refractivity contribution in [2.75, 3.05) is 18.9 Å². The van der Waals surface area contributed by atoms with Crippen molar-refractivity contribution in [3.63, 3.8) is 0 Å². The average Bonchev–Trinajstić information content (AvgIpc) is 3.19. The molecule has 8 nitrogen and oxygen atoms in total. The van der Waals surface area contributed by atoms with Gasteiger partial charge in [-0.2, -0.15) is 5.10 Å². The van der Waals surface area contributed by atoms with Gasteiger partial charge >= 0.3 is 0 Å². The van der Waals surface area contributed by atoms with E-state index < -0.39 is 11.5 Å². The first-order valence-electron chi connectivity index (χ1n) is 7.26. The quantitative estimate of drug-likeness (QED) is 0.673. The molecule has 3 heterocycles. The number of H-pyrrole nitrogens is 1. The van der Waals surface area contributed by atoms with Gasteiger partial charge in [0.25, 0.3) is 11.8 Å². The molecule has 2 aromatic heterocycles. The lowest BCUT2D eigenvalue weighted by Crippen LogP contribution is -2.37.